The second-order valence-corrected chi connectivity index (χ2v) is 9.29. The van der Waals surface area contributed by atoms with Crippen molar-refractivity contribution in [2.45, 2.75) is 32.4 Å². The van der Waals surface area contributed by atoms with Crippen LogP contribution in [0, 0.1) is 17.8 Å². The molecule has 2 aromatic carbocycles. The van der Waals surface area contributed by atoms with Crippen LogP contribution in [0.1, 0.15) is 37.2 Å². The number of carboxylic acid groups (broad SMARTS) is 1. The van der Waals surface area contributed by atoms with E-state index in [2.05, 4.69) is 5.32 Å². The normalized spacial score (nSPS) is 26.5. The van der Waals surface area contributed by atoms with E-state index < -0.39 is 47.1 Å². The zero-order chi connectivity index (χ0) is 24.4. The topological polar surface area (TPSA) is 109 Å². The molecule has 4 atom stereocenters. The highest BCUT2D eigenvalue weighted by molar-refractivity contribution is 6.24. The first-order chi connectivity index (χ1) is 16.2. The van der Waals surface area contributed by atoms with Gasteiger partial charge in [-0.1, -0.05) is 50.2 Å². The van der Waals surface area contributed by atoms with Gasteiger partial charge in [0.05, 0.1) is 23.0 Å². The fraction of sp³-hybridized carbons (Fsp3) is 0.308. The van der Waals surface area contributed by atoms with E-state index >= 15 is 0 Å². The van der Waals surface area contributed by atoms with E-state index in [0.717, 1.165) is 10.3 Å². The van der Waals surface area contributed by atoms with E-state index in [9.17, 15) is 24.3 Å². The highest BCUT2D eigenvalue weighted by Crippen LogP contribution is 2.53. The molecule has 2 aliphatic rings. The van der Waals surface area contributed by atoms with Crippen LogP contribution in [-0.4, -0.2) is 38.9 Å². The van der Waals surface area contributed by atoms with Gasteiger partial charge in [-0.05, 0) is 29.7 Å². The molecule has 2 saturated heterocycles. The number of imide groups is 1. The predicted molar refractivity (Wildman–Crippen MR) is 125 cm³/mol. The number of anilines is 1. The molecule has 3 heterocycles. The molecule has 2 fully saturated rings. The summed E-state index contributed by atoms with van der Waals surface area (Å²) in [5.74, 6) is -4.86. The number of carboxylic acids is 1. The summed E-state index contributed by atoms with van der Waals surface area (Å²) in [6.45, 7) is 4.92. The van der Waals surface area contributed by atoms with E-state index in [4.69, 9.17) is 0 Å². The van der Waals surface area contributed by atoms with Crippen molar-refractivity contribution in [2.24, 2.45) is 17.8 Å². The number of nitrogens with zero attached hydrogens (tertiary/aromatic N) is 2. The zero-order valence-electron chi connectivity index (χ0n) is 19.1. The Bertz CT molecular complexity index is 1340. The lowest BCUT2D eigenvalue weighted by Crippen LogP contribution is -2.59. The second-order valence-electron chi connectivity index (χ2n) is 9.29. The summed E-state index contributed by atoms with van der Waals surface area (Å²) in [4.78, 5) is 53.7. The third-order valence-electron chi connectivity index (χ3n) is 7.29. The summed E-state index contributed by atoms with van der Waals surface area (Å²) >= 11 is 0. The number of rotatable bonds is 4. The van der Waals surface area contributed by atoms with Crippen LogP contribution in [0.2, 0.25) is 0 Å². The zero-order valence-corrected chi connectivity index (χ0v) is 19.1. The molecule has 2 N–H and O–H groups in total. The van der Waals surface area contributed by atoms with Crippen molar-refractivity contribution in [3.05, 3.63) is 66.4 Å². The summed E-state index contributed by atoms with van der Waals surface area (Å²) in [6.07, 6.45) is 1.66. The lowest BCUT2D eigenvalue weighted by molar-refractivity contribution is -0.151. The van der Waals surface area contributed by atoms with Crippen molar-refractivity contribution in [1.82, 2.24) is 9.88 Å². The number of benzene rings is 2. The summed E-state index contributed by atoms with van der Waals surface area (Å²) in [7, 11) is 0. The lowest BCUT2D eigenvalue weighted by Gasteiger charge is -2.34. The Morgan fingerprint density at radius 3 is 2.26 bits per heavy atom. The Labute approximate surface area is 196 Å². The van der Waals surface area contributed by atoms with Gasteiger partial charge in [0, 0.05) is 24.5 Å². The molecule has 2 amide bonds. The van der Waals surface area contributed by atoms with Crippen LogP contribution in [0.5, 0.6) is 0 Å². The van der Waals surface area contributed by atoms with Crippen molar-refractivity contribution in [3.8, 4) is 0 Å². The van der Waals surface area contributed by atoms with Gasteiger partial charge in [-0.25, -0.2) is 4.90 Å². The van der Waals surface area contributed by atoms with Crippen LogP contribution in [0.15, 0.2) is 60.8 Å². The second kappa shape index (κ2) is 7.63. The molecular weight excluding hydrogens is 434 g/mol. The van der Waals surface area contributed by atoms with Crippen LogP contribution in [0.25, 0.3) is 10.9 Å². The van der Waals surface area contributed by atoms with Crippen LogP contribution in [-0.2, 0) is 14.4 Å². The first kappa shape index (κ1) is 22.0. The Kier molecular flexibility index (Phi) is 4.95. The van der Waals surface area contributed by atoms with Gasteiger partial charge in [-0.3, -0.25) is 29.1 Å². The third-order valence-corrected chi connectivity index (χ3v) is 7.29. The van der Waals surface area contributed by atoms with Crippen LogP contribution in [0.4, 0.5) is 5.69 Å². The molecule has 34 heavy (non-hydrogen) atoms. The lowest BCUT2D eigenvalue weighted by atomic mass is 9.73. The quantitative estimate of drug-likeness (QED) is 0.580. The van der Waals surface area contributed by atoms with E-state index in [1.807, 2.05) is 18.2 Å². The SMILES string of the molecule is CC(=O)n1cc(C2NC(C(=O)O)(C(C)C)C3C(=O)N(c4ccccc4)C(=O)C23)c2ccccc21. The molecule has 1 aromatic heterocycles. The molecule has 0 saturated carbocycles. The molecular formula is C26H25N3O5. The molecule has 0 bridgehead atoms. The van der Waals surface area contributed by atoms with Gasteiger partial charge in [-0.2, -0.15) is 0 Å². The fourth-order valence-corrected chi connectivity index (χ4v) is 5.73. The Balaban J connectivity index is 1.74. The summed E-state index contributed by atoms with van der Waals surface area (Å²) in [6, 6.07) is 15.1. The number of para-hydroxylation sites is 2. The Hall–Kier alpha value is -3.78. The fourth-order valence-electron chi connectivity index (χ4n) is 5.73. The minimum Gasteiger partial charge on any atom is -0.480 e. The third kappa shape index (κ3) is 2.81. The average molecular weight is 460 g/mol. The van der Waals surface area contributed by atoms with Gasteiger partial charge in [0.1, 0.15) is 5.54 Å². The van der Waals surface area contributed by atoms with E-state index in [-0.39, 0.29) is 5.91 Å². The van der Waals surface area contributed by atoms with Crippen molar-refractivity contribution >= 4 is 40.3 Å². The van der Waals surface area contributed by atoms with Crippen molar-refractivity contribution in [1.29, 1.82) is 0 Å². The maximum absolute atomic E-state index is 13.8. The number of carbonyl (C=O) groups excluding carboxylic acids is 3. The number of hydrogen-bond acceptors (Lipinski definition) is 5. The standard InChI is InChI=1S/C26H25N3O5/c1-14(2)26(25(33)34)21-20(23(31)29(24(21)32)16-9-5-4-6-10-16)22(27-26)18-13-28(15(3)30)19-12-8-7-11-17(18)19/h4-14,20-22,27H,1-3H3,(H,33,34). The highest BCUT2D eigenvalue weighted by atomic mass is 16.4. The maximum Gasteiger partial charge on any atom is 0.325 e. The summed E-state index contributed by atoms with van der Waals surface area (Å²) in [5, 5.41) is 14.3. The van der Waals surface area contributed by atoms with Crippen molar-refractivity contribution < 1.29 is 24.3 Å². The molecule has 0 spiro atoms. The molecule has 3 aromatic rings. The van der Waals surface area contributed by atoms with Crippen LogP contribution < -0.4 is 10.2 Å². The van der Waals surface area contributed by atoms with E-state index in [1.165, 1.54) is 11.5 Å². The smallest absolute Gasteiger partial charge is 0.325 e. The number of carbonyl (C=O) groups is 4. The molecule has 0 radical (unpaired) electrons. The first-order valence-electron chi connectivity index (χ1n) is 11.2. The van der Waals surface area contributed by atoms with Crippen molar-refractivity contribution in [3.63, 3.8) is 0 Å². The van der Waals surface area contributed by atoms with Gasteiger partial charge >= 0.3 is 5.97 Å². The molecule has 2 aliphatic heterocycles. The Morgan fingerprint density at radius 2 is 1.65 bits per heavy atom. The van der Waals surface area contributed by atoms with Gasteiger partial charge < -0.3 is 5.11 Å². The monoisotopic (exact) mass is 459 g/mol. The molecule has 4 unspecified atom stereocenters. The van der Waals surface area contributed by atoms with Gasteiger partial charge in [-0.15, -0.1) is 0 Å². The van der Waals surface area contributed by atoms with Crippen LogP contribution in [0.3, 0.4) is 0 Å². The molecule has 8 nitrogen and oxygen atoms in total. The number of aromatic nitrogens is 1. The minimum atomic E-state index is -1.65. The molecule has 174 valence electrons. The number of aliphatic carboxylic acids is 1. The molecule has 8 heteroatoms. The largest absolute Gasteiger partial charge is 0.480 e. The van der Waals surface area contributed by atoms with Gasteiger partial charge in [0.25, 0.3) is 0 Å². The number of fused-ring (bicyclic) bond motifs is 2. The predicted octanol–water partition coefficient (Wildman–Crippen LogP) is 3.23. The van der Waals surface area contributed by atoms with Gasteiger partial charge in [0.2, 0.25) is 17.7 Å². The minimum absolute atomic E-state index is 0.204. The van der Waals surface area contributed by atoms with Gasteiger partial charge in [0.15, 0.2) is 0 Å². The molecule has 5 rings (SSSR count). The Morgan fingerprint density at radius 1 is 1.00 bits per heavy atom. The number of nitrogens with one attached hydrogen (secondary N) is 1. The summed E-state index contributed by atoms with van der Waals surface area (Å²) in [5.41, 5.74) is 0.0586. The summed E-state index contributed by atoms with van der Waals surface area (Å²) < 4.78 is 1.49. The number of hydrogen-bond donors (Lipinski definition) is 2. The molecule has 0 aliphatic carbocycles. The van der Waals surface area contributed by atoms with E-state index in [0.29, 0.717) is 16.8 Å². The maximum atomic E-state index is 13.8. The number of amides is 2. The first-order valence-corrected chi connectivity index (χ1v) is 11.2. The van der Waals surface area contributed by atoms with Crippen molar-refractivity contribution in [2.75, 3.05) is 4.90 Å². The van der Waals surface area contributed by atoms with E-state index in [1.54, 1.807) is 56.4 Å². The van der Waals surface area contributed by atoms with Crippen LogP contribution >= 0.6 is 0 Å². The highest BCUT2D eigenvalue weighted by Gasteiger charge is 2.69. The average Bonchev–Trinajstić information content (AvgIpc) is 3.44.